The van der Waals surface area contributed by atoms with Gasteiger partial charge in [0.25, 0.3) is 0 Å². The molecule has 6 nitrogen and oxygen atoms in total. The standard InChI is InChI=1S/C21H28FN3O3S/c1-4-23-21(24-12-5-13-28-19-9-7-18(22)8-10-19)25-15-17-6-11-20(16(2)14-17)29(3,26)27/h6-11,14H,4-5,12-13,15H2,1-3H3,(H2,23,24,25). The van der Waals surface area contributed by atoms with E-state index in [1.807, 2.05) is 13.0 Å². The molecular weight excluding hydrogens is 393 g/mol. The van der Waals surface area contributed by atoms with Crippen molar-refractivity contribution in [3.05, 3.63) is 59.4 Å². The lowest BCUT2D eigenvalue weighted by molar-refractivity contribution is 0.310. The summed E-state index contributed by atoms with van der Waals surface area (Å²) in [5.41, 5.74) is 1.66. The van der Waals surface area contributed by atoms with Gasteiger partial charge < -0.3 is 15.4 Å². The number of benzene rings is 2. The van der Waals surface area contributed by atoms with Crippen LogP contribution in [0.2, 0.25) is 0 Å². The third-order valence-electron chi connectivity index (χ3n) is 4.10. The molecule has 0 saturated heterocycles. The molecule has 0 bridgehead atoms. The van der Waals surface area contributed by atoms with Crippen molar-refractivity contribution in [2.24, 2.45) is 4.99 Å². The van der Waals surface area contributed by atoms with Gasteiger partial charge in [-0.3, -0.25) is 0 Å². The first kappa shape index (κ1) is 22.7. The zero-order valence-corrected chi connectivity index (χ0v) is 17.9. The Labute approximate surface area is 172 Å². The van der Waals surface area contributed by atoms with Gasteiger partial charge in [0.2, 0.25) is 0 Å². The summed E-state index contributed by atoms with van der Waals surface area (Å²) in [6.07, 6.45) is 1.96. The molecule has 2 aromatic rings. The summed E-state index contributed by atoms with van der Waals surface area (Å²) >= 11 is 0. The number of guanidine groups is 1. The van der Waals surface area contributed by atoms with E-state index < -0.39 is 9.84 Å². The molecule has 2 N–H and O–H groups in total. The van der Waals surface area contributed by atoms with Crippen LogP contribution < -0.4 is 15.4 Å². The number of nitrogens with zero attached hydrogens (tertiary/aromatic N) is 1. The van der Waals surface area contributed by atoms with Crippen LogP contribution in [-0.2, 0) is 16.4 Å². The molecule has 0 atom stereocenters. The Morgan fingerprint density at radius 2 is 1.86 bits per heavy atom. The fourth-order valence-corrected chi connectivity index (χ4v) is 3.70. The topological polar surface area (TPSA) is 79.8 Å². The molecule has 0 aromatic heterocycles. The Morgan fingerprint density at radius 3 is 2.48 bits per heavy atom. The highest BCUT2D eigenvalue weighted by atomic mass is 32.2. The summed E-state index contributed by atoms with van der Waals surface area (Å²) < 4.78 is 41.9. The molecule has 2 rings (SSSR count). The monoisotopic (exact) mass is 421 g/mol. The van der Waals surface area contributed by atoms with Crippen molar-refractivity contribution in [2.75, 3.05) is 26.0 Å². The second-order valence-corrected chi connectivity index (χ2v) is 8.63. The van der Waals surface area contributed by atoms with Crippen LogP contribution in [0.1, 0.15) is 24.5 Å². The van der Waals surface area contributed by atoms with Gasteiger partial charge in [0.1, 0.15) is 11.6 Å². The van der Waals surface area contributed by atoms with Crippen LogP contribution in [0.5, 0.6) is 5.75 Å². The largest absolute Gasteiger partial charge is 0.494 e. The predicted octanol–water partition coefficient (Wildman–Crippen LogP) is 3.06. The first-order chi connectivity index (χ1) is 13.8. The highest BCUT2D eigenvalue weighted by Crippen LogP contribution is 2.17. The van der Waals surface area contributed by atoms with E-state index in [1.165, 1.54) is 18.4 Å². The highest BCUT2D eigenvalue weighted by Gasteiger charge is 2.10. The Balaban J connectivity index is 1.84. The van der Waals surface area contributed by atoms with Crippen molar-refractivity contribution in [3.63, 3.8) is 0 Å². The van der Waals surface area contributed by atoms with Gasteiger partial charge in [-0.05, 0) is 61.7 Å². The summed E-state index contributed by atoms with van der Waals surface area (Å²) in [4.78, 5) is 4.89. The Hall–Kier alpha value is -2.61. The number of rotatable bonds is 9. The quantitative estimate of drug-likeness (QED) is 0.370. The van der Waals surface area contributed by atoms with Crippen molar-refractivity contribution in [3.8, 4) is 5.75 Å². The van der Waals surface area contributed by atoms with E-state index in [0.29, 0.717) is 36.3 Å². The van der Waals surface area contributed by atoms with Crippen LogP contribution in [0.4, 0.5) is 4.39 Å². The van der Waals surface area contributed by atoms with Crippen molar-refractivity contribution in [1.29, 1.82) is 0 Å². The molecule has 158 valence electrons. The summed E-state index contributed by atoms with van der Waals surface area (Å²) in [5, 5.41) is 6.42. The molecule has 0 aliphatic rings. The average molecular weight is 422 g/mol. The van der Waals surface area contributed by atoms with Crippen molar-refractivity contribution >= 4 is 15.8 Å². The van der Waals surface area contributed by atoms with E-state index in [9.17, 15) is 12.8 Å². The number of halogens is 1. The minimum atomic E-state index is -3.22. The fourth-order valence-electron chi connectivity index (χ4n) is 2.74. The summed E-state index contributed by atoms with van der Waals surface area (Å²) in [6, 6.07) is 11.2. The number of nitrogens with one attached hydrogen (secondary N) is 2. The smallest absolute Gasteiger partial charge is 0.191 e. The van der Waals surface area contributed by atoms with Gasteiger partial charge in [-0.1, -0.05) is 12.1 Å². The van der Waals surface area contributed by atoms with Crippen LogP contribution in [0, 0.1) is 12.7 Å². The van der Waals surface area contributed by atoms with Gasteiger partial charge >= 0.3 is 0 Å². The highest BCUT2D eigenvalue weighted by molar-refractivity contribution is 7.90. The molecule has 0 radical (unpaired) electrons. The average Bonchev–Trinajstić information content (AvgIpc) is 2.66. The van der Waals surface area contributed by atoms with E-state index in [0.717, 1.165) is 24.1 Å². The minimum absolute atomic E-state index is 0.285. The third-order valence-corrected chi connectivity index (χ3v) is 5.36. The Morgan fingerprint density at radius 1 is 1.14 bits per heavy atom. The molecule has 0 heterocycles. The number of aliphatic imine (C=N–C) groups is 1. The molecule has 29 heavy (non-hydrogen) atoms. The van der Waals surface area contributed by atoms with Crippen molar-refractivity contribution in [2.45, 2.75) is 31.7 Å². The lowest BCUT2D eigenvalue weighted by atomic mass is 10.1. The van der Waals surface area contributed by atoms with Crippen LogP contribution >= 0.6 is 0 Å². The van der Waals surface area contributed by atoms with Crippen molar-refractivity contribution < 1.29 is 17.5 Å². The van der Waals surface area contributed by atoms with E-state index in [4.69, 9.17) is 4.74 Å². The molecular formula is C21H28FN3O3S. The lowest BCUT2D eigenvalue weighted by Crippen LogP contribution is -2.38. The Bertz CT molecular complexity index is 929. The van der Waals surface area contributed by atoms with Crippen LogP contribution in [0.3, 0.4) is 0 Å². The van der Waals surface area contributed by atoms with Crippen LogP contribution in [0.25, 0.3) is 0 Å². The van der Waals surface area contributed by atoms with Gasteiger partial charge in [-0.25, -0.2) is 17.8 Å². The first-order valence-electron chi connectivity index (χ1n) is 9.49. The van der Waals surface area contributed by atoms with Crippen molar-refractivity contribution in [1.82, 2.24) is 10.6 Å². The molecule has 0 saturated carbocycles. The van der Waals surface area contributed by atoms with Crippen LogP contribution in [0.15, 0.2) is 52.4 Å². The maximum Gasteiger partial charge on any atom is 0.191 e. The summed E-state index contributed by atoms with van der Waals surface area (Å²) in [7, 11) is -3.22. The zero-order valence-electron chi connectivity index (χ0n) is 17.0. The summed E-state index contributed by atoms with van der Waals surface area (Å²) in [6.45, 7) is 6.10. The molecule has 8 heteroatoms. The number of hydrogen-bond donors (Lipinski definition) is 2. The number of aryl methyl sites for hydroxylation is 1. The maximum absolute atomic E-state index is 12.9. The second kappa shape index (κ2) is 10.8. The molecule has 0 spiro atoms. The number of sulfone groups is 1. The predicted molar refractivity (Wildman–Crippen MR) is 114 cm³/mol. The zero-order chi connectivity index (χ0) is 21.3. The van der Waals surface area contributed by atoms with Gasteiger partial charge in [-0.2, -0.15) is 0 Å². The SMILES string of the molecule is CCNC(=NCc1ccc(S(C)(=O)=O)c(C)c1)NCCCOc1ccc(F)cc1. The van der Waals surface area contributed by atoms with E-state index in [2.05, 4.69) is 15.6 Å². The lowest BCUT2D eigenvalue weighted by Gasteiger charge is -2.12. The van der Waals surface area contributed by atoms with Crippen LogP contribution in [-0.4, -0.2) is 40.3 Å². The molecule has 0 aliphatic carbocycles. The minimum Gasteiger partial charge on any atom is -0.494 e. The first-order valence-corrected chi connectivity index (χ1v) is 11.4. The third kappa shape index (κ3) is 7.73. The molecule has 0 unspecified atom stereocenters. The number of ether oxygens (including phenoxy) is 1. The maximum atomic E-state index is 12.9. The van der Waals surface area contributed by atoms with Gasteiger partial charge in [0.15, 0.2) is 15.8 Å². The number of hydrogen-bond acceptors (Lipinski definition) is 4. The molecule has 0 fully saturated rings. The molecule has 0 amide bonds. The van der Waals surface area contributed by atoms with E-state index in [1.54, 1.807) is 31.2 Å². The van der Waals surface area contributed by atoms with E-state index in [-0.39, 0.29) is 5.82 Å². The summed E-state index contributed by atoms with van der Waals surface area (Å²) in [5.74, 6) is 1.03. The Kier molecular flexibility index (Phi) is 8.45. The normalized spacial score (nSPS) is 11.9. The second-order valence-electron chi connectivity index (χ2n) is 6.65. The van der Waals surface area contributed by atoms with Gasteiger partial charge in [0, 0.05) is 19.3 Å². The van der Waals surface area contributed by atoms with E-state index >= 15 is 0 Å². The molecule has 2 aromatic carbocycles. The molecule has 0 aliphatic heterocycles. The fraction of sp³-hybridized carbons (Fsp3) is 0.381. The van der Waals surface area contributed by atoms with Gasteiger partial charge in [0.05, 0.1) is 18.0 Å². The van der Waals surface area contributed by atoms with Gasteiger partial charge in [-0.15, -0.1) is 0 Å².